The summed E-state index contributed by atoms with van der Waals surface area (Å²) in [7, 11) is 0. The molecule has 4 nitrogen and oxygen atoms in total. The van der Waals surface area contributed by atoms with E-state index in [2.05, 4.69) is 51.9 Å². The molecule has 1 amide bonds. The molecule has 0 unspecified atom stereocenters. The number of benzene rings is 2. The summed E-state index contributed by atoms with van der Waals surface area (Å²) < 4.78 is 0. The smallest absolute Gasteiger partial charge is 0.221 e. The van der Waals surface area contributed by atoms with Crippen molar-refractivity contribution in [1.29, 1.82) is 0 Å². The molecule has 1 saturated heterocycles. The Morgan fingerprint density at radius 1 is 0.897 bits per heavy atom. The molecule has 1 aliphatic carbocycles. The first-order chi connectivity index (χ1) is 14.2. The van der Waals surface area contributed by atoms with Crippen LogP contribution >= 0.6 is 0 Å². The minimum atomic E-state index is -0.0316. The van der Waals surface area contributed by atoms with E-state index in [0.29, 0.717) is 18.0 Å². The van der Waals surface area contributed by atoms with Crippen LogP contribution < -0.4 is 10.6 Å². The van der Waals surface area contributed by atoms with Gasteiger partial charge in [0.1, 0.15) is 0 Å². The Labute approximate surface area is 174 Å². The SMILES string of the molecule is CC(=O)Nc1cccc(NC2CCN([C@@H]3CCCC[C@@H]3c3ccccc3)CC2)c1. The molecule has 0 radical (unpaired) electrons. The molecule has 1 saturated carbocycles. The third-order valence-electron chi connectivity index (χ3n) is 6.51. The quantitative estimate of drug-likeness (QED) is 0.732. The minimum Gasteiger partial charge on any atom is -0.382 e. The van der Waals surface area contributed by atoms with Crippen molar-refractivity contribution in [3.8, 4) is 0 Å². The third-order valence-corrected chi connectivity index (χ3v) is 6.51. The van der Waals surface area contributed by atoms with E-state index in [1.807, 2.05) is 18.2 Å². The molecule has 2 atom stereocenters. The van der Waals surface area contributed by atoms with Gasteiger partial charge in [-0.15, -0.1) is 0 Å². The fourth-order valence-electron chi connectivity index (χ4n) is 5.14. The van der Waals surface area contributed by atoms with E-state index in [-0.39, 0.29) is 5.91 Å². The molecule has 154 valence electrons. The summed E-state index contributed by atoms with van der Waals surface area (Å²) in [6.07, 6.45) is 7.71. The van der Waals surface area contributed by atoms with E-state index in [4.69, 9.17) is 0 Å². The maximum atomic E-state index is 11.3. The van der Waals surface area contributed by atoms with Crippen LogP contribution in [-0.4, -0.2) is 36.0 Å². The Morgan fingerprint density at radius 2 is 1.62 bits per heavy atom. The van der Waals surface area contributed by atoms with Crippen molar-refractivity contribution in [3.05, 3.63) is 60.2 Å². The van der Waals surface area contributed by atoms with Gasteiger partial charge in [-0.1, -0.05) is 49.2 Å². The lowest BCUT2D eigenvalue weighted by Crippen LogP contribution is -2.47. The number of carbonyl (C=O) groups excluding carboxylic acids is 1. The highest BCUT2D eigenvalue weighted by Crippen LogP contribution is 2.37. The van der Waals surface area contributed by atoms with E-state index >= 15 is 0 Å². The van der Waals surface area contributed by atoms with Gasteiger partial charge in [-0.3, -0.25) is 9.69 Å². The van der Waals surface area contributed by atoms with Crippen LogP contribution in [0.2, 0.25) is 0 Å². The van der Waals surface area contributed by atoms with Gasteiger partial charge in [-0.25, -0.2) is 0 Å². The molecule has 0 bridgehead atoms. The molecule has 1 aliphatic heterocycles. The molecule has 2 aromatic rings. The van der Waals surface area contributed by atoms with Gasteiger partial charge in [0.2, 0.25) is 5.91 Å². The molecule has 4 rings (SSSR count). The summed E-state index contributed by atoms with van der Waals surface area (Å²) in [6.45, 7) is 3.87. The van der Waals surface area contributed by atoms with Crippen molar-refractivity contribution in [2.45, 2.75) is 63.5 Å². The number of carbonyl (C=O) groups is 1. The minimum absolute atomic E-state index is 0.0316. The number of likely N-dealkylation sites (tertiary alicyclic amines) is 1. The molecule has 0 aromatic heterocycles. The van der Waals surface area contributed by atoms with E-state index in [1.54, 1.807) is 6.92 Å². The van der Waals surface area contributed by atoms with Gasteiger partial charge < -0.3 is 10.6 Å². The number of nitrogens with one attached hydrogen (secondary N) is 2. The highest BCUT2D eigenvalue weighted by Gasteiger charge is 2.33. The number of piperidine rings is 1. The van der Waals surface area contributed by atoms with Crippen molar-refractivity contribution in [1.82, 2.24) is 4.90 Å². The first kappa shape index (κ1) is 20.0. The standard InChI is InChI=1S/C25H33N3O/c1-19(29)26-22-10-7-11-23(18-22)27-21-14-16-28(17-15-21)25-13-6-5-12-24(25)20-8-3-2-4-9-20/h2-4,7-11,18,21,24-25,27H,5-6,12-17H2,1H3,(H,26,29)/t24-,25-/m1/s1. The van der Waals surface area contributed by atoms with Crippen LogP contribution in [0.3, 0.4) is 0 Å². The number of anilines is 2. The van der Waals surface area contributed by atoms with Crippen LogP contribution in [0.15, 0.2) is 54.6 Å². The normalized spacial score (nSPS) is 23.5. The first-order valence-corrected chi connectivity index (χ1v) is 11.1. The molecule has 2 fully saturated rings. The molecular formula is C25H33N3O. The molecule has 29 heavy (non-hydrogen) atoms. The summed E-state index contributed by atoms with van der Waals surface area (Å²) >= 11 is 0. The van der Waals surface area contributed by atoms with Gasteiger partial charge in [0.25, 0.3) is 0 Å². The van der Waals surface area contributed by atoms with Crippen LogP contribution in [0.25, 0.3) is 0 Å². The second-order valence-corrected chi connectivity index (χ2v) is 8.59. The Balaban J connectivity index is 1.34. The van der Waals surface area contributed by atoms with Gasteiger partial charge in [0.05, 0.1) is 0 Å². The molecule has 2 aliphatic rings. The first-order valence-electron chi connectivity index (χ1n) is 11.1. The highest BCUT2D eigenvalue weighted by atomic mass is 16.1. The summed E-state index contributed by atoms with van der Waals surface area (Å²) in [6, 6.07) is 20.4. The Morgan fingerprint density at radius 3 is 2.38 bits per heavy atom. The fourth-order valence-corrected chi connectivity index (χ4v) is 5.14. The van der Waals surface area contributed by atoms with Crippen LogP contribution in [-0.2, 0) is 4.79 Å². The molecule has 2 N–H and O–H groups in total. The average molecular weight is 392 g/mol. The Bertz CT molecular complexity index is 799. The number of amides is 1. The van der Waals surface area contributed by atoms with E-state index in [9.17, 15) is 4.79 Å². The van der Waals surface area contributed by atoms with Crippen LogP contribution in [0, 0.1) is 0 Å². The third kappa shape index (κ3) is 5.18. The Kier molecular flexibility index (Phi) is 6.50. The second-order valence-electron chi connectivity index (χ2n) is 8.59. The molecular weight excluding hydrogens is 358 g/mol. The number of hydrogen-bond donors (Lipinski definition) is 2. The van der Waals surface area contributed by atoms with Gasteiger partial charge in [-0.05, 0) is 55.4 Å². The topological polar surface area (TPSA) is 44.4 Å². The summed E-state index contributed by atoms with van der Waals surface area (Å²) in [5.41, 5.74) is 3.47. The number of hydrogen-bond acceptors (Lipinski definition) is 3. The van der Waals surface area contributed by atoms with Gasteiger partial charge >= 0.3 is 0 Å². The fraction of sp³-hybridized carbons (Fsp3) is 0.480. The van der Waals surface area contributed by atoms with Crippen molar-refractivity contribution in [2.24, 2.45) is 0 Å². The average Bonchev–Trinajstić information content (AvgIpc) is 2.75. The van der Waals surface area contributed by atoms with Gasteiger partial charge in [-0.2, -0.15) is 0 Å². The molecule has 2 aromatic carbocycles. The van der Waals surface area contributed by atoms with Crippen LogP contribution in [0.1, 0.15) is 56.9 Å². The predicted octanol–water partition coefficient (Wildman–Crippen LogP) is 5.25. The van der Waals surface area contributed by atoms with Gasteiger partial charge in [0, 0.05) is 43.5 Å². The summed E-state index contributed by atoms with van der Waals surface area (Å²) in [5, 5.41) is 6.55. The lowest BCUT2D eigenvalue weighted by Gasteiger charge is -2.44. The summed E-state index contributed by atoms with van der Waals surface area (Å²) in [4.78, 5) is 14.0. The number of rotatable bonds is 5. The maximum Gasteiger partial charge on any atom is 0.221 e. The van der Waals surface area contributed by atoms with E-state index in [0.717, 1.165) is 24.5 Å². The predicted molar refractivity (Wildman–Crippen MR) is 120 cm³/mol. The Hall–Kier alpha value is -2.33. The zero-order chi connectivity index (χ0) is 20.1. The van der Waals surface area contributed by atoms with Crippen molar-refractivity contribution < 1.29 is 4.79 Å². The maximum absolute atomic E-state index is 11.3. The van der Waals surface area contributed by atoms with E-state index < -0.39 is 0 Å². The lowest BCUT2D eigenvalue weighted by molar-refractivity contribution is -0.114. The zero-order valence-electron chi connectivity index (χ0n) is 17.4. The summed E-state index contributed by atoms with van der Waals surface area (Å²) in [5.74, 6) is 0.653. The molecule has 0 spiro atoms. The number of nitrogens with zero attached hydrogens (tertiary/aromatic N) is 1. The zero-order valence-corrected chi connectivity index (χ0v) is 17.4. The van der Waals surface area contributed by atoms with Crippen LogP contribution in [0.5, 0.6) is 0 Å². The van der Waals surface area contributed by atoms with Crippen molar-refractivity contribution in [2.75, 3.05) is 23.7 Å². The van der Waals surface area contributed by atoms with Crippen molar-refractivity contribution >= 4 is 17.3 Å². The molecule has 4 heteroatoms. The monoisotopic (exact) mass is 391 g/mol. The second kappa shape index (κ2) is 9.45. The highest BCUT2D eigenvalue weighted by molar-refractivity contribution is 5.89. The molecule has 1 heterocycles. The van der Waals surface area contributed by atoms with E-state index in [1.165, 1.54) is 44.1 Å². The van der Waals surface area contributed by atoms with Crippen molar-refractivity contribution in [3.63, 3.8) is 0 Å². The van der Waals surface area contributed by atoms with Gasteiger partial charge in [0.15, 0.2) is 0 Å². The largest absolute Gasteiger partial charge is 0.382 e. The van der Waals surface area contributed by atoms with Crippen LogP contribution in [0.4, 0.5) is 11.4 Å². The lowest BCUT2D eigenvalue weighted by atomic mass is 9.78.